The molecule has 5 heteroatoms. The monoisotopic (exact) mass is 302 g/mol. The van der Waals surface area contributed by atoms with Gasteiger partial charge in [0.2, 0.25) is 11.7 Å². The molecule has 118 valence electrons. The summed E-state index contributed by atoms with van der Waals surface area (Å²) in [4.78, 5) is 24.5. The zero-order valence-corrected chi connectivity index (χ0v) is 13.6. The number of rotatable bonds is 3. The van der Waals surface area contributed by atoms with Gasteiger partial charge in [0, 0.05) is 16.8 Å². The first-order valence-electron chi connectivity index (χ1n) is 7.34. The molecule has 0 aliphatic heterocycles. The topological polar surface area (TPSA) is 71.3 Å². The Kier molecular flexibility index (Phi) is 4.26. The normalized spacial score (nSPS) is 11.7. The summed E-state index contributed by atoms with van der Waals surface area (Å²) < 4.78 is 5.66. The standard InChI is InChI=1S/C17H22N2O3/c1-10(2)15(20)18-13-11-8-6-7-9-12(11)22-14(13)16(21)19-17(3,4)5/h6-10H,1-5H3,(H,18,20)(H,19,21). The van der Waals surface area contributed by atoms with Crippen LogP contribution in [-0.4, -0.2) is 17.4 Å². The first-order valence-corrected chi connectivity index (χ1v) is 7.34. The number of carbonyl (C=O) groups excluding carboxylic acids is 2. The molecule has 0 aliphatic carbocycles. The quantitative estimate of drug-likeness (QED) is 0.910. The van der Waals surface area contributed by atoms with Crippen molar-refractivity contribution < 1.29 is 14.0 Å². The summed E-state index contributed by atoms with van der Waals surface area (Å²) in [5, 5.41) is 6.38. The van der Waals surface area contributed by atoms with Crippen LogP contribution in [0.2, 0.25) is 0 Å². The number of para-hydroxylation sites is 1. The lowest BCUT2D eigenvalue weighted by atomic mass is 10.1. The van der Waals surface area contributed by atoms with Gasteiger partial charge < -0.3 is 15.1 Å². The largest absolute Gasteiger partial charge is 0.449 e. The summed E-state index contributed by atoms with van der Waals surface area (Å²) in [6.45, 7) is 9.26. The van der Waals surface area contributed by atoms with Crippen LogP contribution in [-0.2, 0) is 4.79 Å². The first kappa shape index (κ1) is 16.1. The molecule has 0 aliphatic rings. The van der Waals surface area contributed by atoms with Crippen LogP contribution in [0, 0.1) is 5.92 Å². The summed E-state index contributed by atoms with van der Waals surface area (Å²) in [5.41, 5.74) is 0.603. The molecule has 2 amide bonds. The van der Waals surface area contributed by atoms with E-state index in [1.165, 1.54) is 0 Å². The SMILES string of the molecule is CC(C)C(=O)Nc1c(C(=O)NC(C)(C)C)oc2ccccc12. The predicted molar refractivity (Wildman–Crippen MR) is 86.9 cm³/mol. The van der Waals surface area contributed by atoms with E-state index in [-0.39, 0.29) is 23.5 Å². The maximum absolute atomic E-state index is 12.4. The molecule has 0 bridgehead atoms. The van der Waals surface area contributed by atoms with Crippen LogP contribution in [0.25, 0.3) is 11.0 Å². The summed E-state index contributed by atoms with van der Waals surface area (Å²) in [6, 6.07) is 7.26. The third kappa shape index (κ3) is 3.47. The summed E-state index contributed by atoms with van der Waals surface area (Å²) in [6.07, 6.45) is 0. The third-order valence-corrected chi connectivity index (χ3v) is 3.06. The van der Waals surface area contributed by atoms with Crippen molar-refractivity contribution in [3.8, 4) is 0 Å². The highest BCUT2D eigenvalue weighted by atomic mass is 16.3. The zero-order valence-electron chi connectivity index (χ0n) is 13.6. The molecule has 2 rings (SSSR count). The highest BCUT2D eigenvalue weighted by Gasteiger charge is 2.25. The highest BCUT2D eigenvalue weighted by molar-refractivity contribution is 6.11. The zero-order chi connectivity index (χ0) is 16.5. The smallest absolute Gasteiger partial charge is 0.289 e. The molecule has 0 spiro atoms. The number of benzene rings is 1. The number of furan rings is 1. The maximum Gasteiger partial charge on any atom is 0.289 e. The average Bonchev–Trinajstić information content (AvgIpc) is 2.76. The molecule has 2 aromatic rings. The van der Waals surface area contributed by atoms with Crippen molar-refractivity contribution in [3.05, 3.63) is 30.0 Å². The average molecular weight is 302 g/mol. The Morgan fingerprint density at radius 1 is 1.14 bits per heavy atom. The minimum absolute atomic E-state index is 0.130. The van der Waals surface area contributed by atoms with Crippen molar-refractivity contribution in [2.75, 3.05) is 5.32 Å². The van der Waals surface area contributed by atoms with Crippen molar-refractivity contribution in [1.29, 1.82) is 0 Å². The van der Waals surface area contributed by atoms with E-state index >= 15 is 0 Å². The van der Waals surface area contributed by atoms with Gasteiger partial charge in [-0.25, -0.2) is 0 Å². The van der Waals surface area contributed by atoms with Gasteiger partial charge >= 0.3 is 0 Å². The molecule has 0 saturated carbocycles. The van der Waals surface area contributed by atoms with Gasteiger partial charge in [-0.2, -0.15) is 0 Å². The van der Waals surface area contributed by atoms with Crippen LogP contribution in [0.5, 0.6) is 0 Å². The molecule has 0 saturated heterocycles. The lowest BCUT2D eigenvalue weighted by Crippen LogP contribution is -2.40. The molecular weight excluding hydrogens is 280 g/mol. The minimum atomic E-state index is -0.393. The number of fused-ring (bicyclic) bond motifs is 1. The molecule has 0 atom stereocenters. The maximum atomic E-state index is 12.4. The van der Waals surface area contributed by atoms with Crippen LogP contribution >= 0.6 is 0 Å². The second-order valence-corrected chi connectivity index (χ2v) is 6.65. The van der Waals surface area contributed by atoms with Crippen molar-refractivity contribution in [2.24, 2.45) is 5.92 Å². The molecule has 0 unspecified atom stereocenters. The van der Waals surface area contributed by atoms with Gasteiger partial charge in [0.1, 0.15) is 11.3 Å². The van der Waals surface area contributed by atoms with E-state index in [2.05, 4.69) is 10.6 Å². The molecule has 2 N–H and O–H groups in total. The van der Waals surface area contributed by atoms with Crippen LogP contribution in [0.1, 0.15) is 45.2 Å². The minimum Gasteiger partial charge on any atom is -0.449 e. The Morgan fingerprint density at radius 3 is 2.36 bits per heavy atom. The van der Waals surface area contributed by atoms with Crippen molar-refractivity contribution in [3.63, 3.8) is 0 Å². The molecule has 1 aromatic heterocycles. The van der Waals surface area contributed by atoms with Gasteiger partial charge in [0.05, 0.1) is 0 Å². The lowest BCUT2D eigenvalue weighted by molar-refractivity contribution is -0.118. The van der Waals surface area contributed by atoms with E-state index in [0.717, 1.165) is 5.39 Å². The van der Waals surface area contributed by atoms with Gasteiger partial charge in [0.15, 0.2) is 0 Å². The summed E-state index contributed by atoms with van der Waals surface area (Å²) in [7, 11) is 0. The van der Waals surface area contributed by atoms with Crippen LogP contribution in [0.3, 0.4) is 0 Å². The van der Waals surface area contributed by atoms with Gasteiger partial charge in [0.25, 0.3) is 5.91 Å². The Hall–Kier alpha value is -2.30. The van der Waals surface area contributed by atoms with Crippen LogP contribution < -0.4 is 10.6 Å². The van der Waals surface area contributed by atoms with Crippen molar-refractivity contribution in [1.82, 2.24) is 5.32 Å². The van der Waals surface area contributed by atoms with E-state index in [1.54, 1.807) is 19.9 Å². The second-order valence-electron chi connectivity index (χ2n) is 6.65. The van der Waals surface area contributed by atoms with Gasteiger partial charge in [-0.05, 0) is 32.9 Å². The summed E-state index contributed by atoms with van der Waals surface area (Å²) in [5.74, 6) is -0.559. The van der Waals surface area contributed by atoms with Crippen LogP contribution in [0.4, 0.5) is 5.69 Å². The molecule has 22 heavy (non-hydrogen) atoms. The van der Waals surface area contributed by atoms with E-state index in [0.29, 0.717) is 11.3 Å². The predicted octanol–water partition coefficient (Wildman–Crippen LogP) is 3.56. The Bertz CT molecular complexity index is 708. The fraction of sp³-hybridized carbons (Fsp3) is 0.412. The Morgan fingerprint density at radius 2 is 1.77 bits per heavy atom. The van der Waals surface area contributed by atoms with E-state index in [9.17, 15) is 9.59 Å². The second kappa shape index (κ2) is 5.83. The Labute approximate surface area is 130 Å². The van der Waals surface area contributed by atoms with Gasteiger partial charge in [-0.15, -0.1) is 0 Å². The molecule has 1 heterocycles. The molecule has 0 radical (unpaired) electrons. The highest BCUT2D eigenvalue weighted by Crippen LogP contribution is 2.31. The summed E-state index contributed by atoms with van der Waals surface area (Å²) >= 11 is 0. The number of hydrogen-bond donors (Lipinski definition) is 2. The number of carbonyl (C=O) groups is 2. The number of amides is 2. The number of nitrogens with one attached hydrogen (secondary N) is 2. The molecule has 1 aromatic carbocycles. The first-order chi connectivity index (χ1) is 10.2. The Balaban J connectivity index is 2.48. The molecule has 5 nitrogen and oxygen atoms in total. The molecular formula is C17H22N2O3. The number of anilines is 1. The van der Waals surface area contributed by atoms with Gasteiger partial charge in [-0.3, -0.25) is 9.59 Å². The lowest BCUT2D eigenvalue weighted by Gasteiger charge is -2.20. The van der Waals surface area contributed by atoms with E-state index < -0.39 is 5.54 Å². The van der Waals surface area contributed by atoms with E-state index in [4.69, 9.17) is 4.42 Å². The molecule has 0 fully saturated rings. The fourth-order valence-corrected chi connectivity index (χ4v) is 1.99. The van der Waals surface area contributed by atoms with E-state index in [1.807, 2.05) is 39.0 Å². The van der Waals surface area contributed by atoms with Crippen molar-refractivity contribution >= 4 is 28.5 Å². The van der Waals surface area contributed by atoms with Crippen LogP contribution in [0.15, 0.2) is 28.7 Å². The van der Waals surface area contributed by atoms with Gasteiger partial charge in [-0.1, -0.05) is 26.0 Å². The fourth-order valence-electron chi connectivity index (χ4n) is 1.99. The van der Waals surface area contributed by atoms with Crippen molar-refractivity contribution in [2.45, 2.75) is 40.2 Å². The third-order valence-electron chi connectivity index (χ3n) is 3.06. The number of hydrogen-bond acceptors (Lipinski definition) is 3.